The van der Waals surface area contributed by atoms with Gasteiger partial charge in [-0.3, -0.25) is 4.79 Å². The molecule has 2 aliphatic rings. The van der Waals surface area contributed by atoms with Crippen molar-refractivity contribution >= 4 is 5.91 Å². The van der Waals surface area contributed by atoms with E-state index in [4.69, 9.17) is 5.73 Å². The van der Waals surface area contributed by atoms with Crippen molar-refractivity contribution in [3.8, 4) is 0 Å². The summed E-state index contributed by atoms with van der Waals surface area (Å²) in [6.45, 7) is 5.85. The van der Waals surface area contributed by atoms with Gasteiger partial charge in [-0.15, -0.1) is 0 Å². The van der Waals surface area contributed by atoms with Gasteiger partial charge >= 0.3 is 0 Å². The van der Waals surface area contributed by atoms with E-state index in [2.05, 4.69) is 12.2 Å². The van der Waals surface area contributed by atoms with E-state index in [-0.39, 0.29) is 17.9 Å². The van der Waals surface area contributed by atoms with Crippen LogP contribution in [-0.2, 0) is 4.79 Å². The highest BCUT2D eigenvalue weighted by atomic mass is 16.2. The number of hydrogen-bond donors (Lipinski definition) is 1. The van der Waals surface area contributed by atoms with Crippen molar-refractivity contribution in [1.82, 2.24) is 4.90 Å². The van der Waals surface area contributed by atoms with E-state index in [0.717, 1.165) is 32.4 Å². The first-order valence-electron chi connectivity index (χ1n) is 7.23. The average molecular weight is 250 g/mol. The minimum atomic E-state index is -0.334. The van der Waals surface area contributed by atoms with Crippen LogP contribution in [0.25, 0.3) is 0 Å². The Hall–Kier alpha value is -0.830. The molecular weight excluding hydrogens is 224 g/mol. The lowest BCUT2D eigenvalue weighted by atomic mass is 9.71. The number of hydrogen-bond acceptors (Lipinski definition) is 2. The van der Waals surface area contributed by atoms with Crippen LogP contribution in [0.5, 0.6) is 0 Å². The smallest absolute Gasteiger partial charge is 0.239 e. The minimum absolute atomic E-state index is 0.152. The molecule has 2 atom stereocenters. The second-order valence-electron chi connectivity index (χ2n) is 6.35. The second-order valence-corrected chi connectivity index (χ2v) is 6.35. The molecule has 1 spiro atoms. The summed E-state index contributed by atoms with van der Waals surface area (Å²) >= 11 is 0. The van der Waals surface area contributed by atoms with Crippen LogP contribution in [0.4, 0.5) is 0 Å². The maximum absolute atomic E-state index is 12.3. The van der Waals surface area contributed by atoms with Gasteiger partial charge < -0.3 is 10.6 Å². The molecule has 2 N–H and O–H groups in total. The van der Waals surface area contributed by atoms with Crippen molar-refractivity contribution in [2.24, 2.45) is 17.1 Å². The van der Waals surface area contributed by atoms with Crippen LogP contribution in [0.2, 0.25) is 0 Å². The van der Waals surface area contributed by atoms with Crippen molar-refractivity contribution in [2.75, 3.05) is 13.1 Å². The fourth-order valence-electron chi connectivity index (χ4n) is 3.21. The number of nitrogens with zero attached hydrogens (tertiary/aromatic N) is 1. The second kappa shape index (κ2) is 5.43. The van der Waals surface area contributed by atoms with Crippen molar-refractivity contribution < 1.29 is 4.79 Å². The number of rotatable bonds is 2. The standard InChI is InChI=1S/C15H26N2O/c1-12(2)13(16)14(18)17-10-6-9-15(11-17)7-4-3-5-8-15/h3-4,12-13H,5-11,16H2,1-2H3/t13-,15-/m0/s1. The predicted octanol–water partition coefficient (Wildman–Crippen LogP) is 2.32. The molecule has 0 unspecified atom stereocenters. The first-order valence-corrected chi connectivity index (χ1v) is 7.23. The summed E-state index contributed by atoms with van der Waals surface area (Å²) in [5.74, 6) is 0.375. The summed E-state index contributed by atoms with van der Waals surface area (Å²) < 4.78 is 0. The molecule has 3 nitrogen and oxygen atoms in total. The van der Waals surface area contributed by atoms with E-state index in [1.807, 2.05) is 18.7 Å². The lowest BCUT2D eigenvalue weighted by molar-refractivity contribution is -0.137. The first kappa shape index (κ1) is 13.6. The molecule has 1 saturated heterocycles. The van der Waals surface area contributed by atoms with Gasteiger partial charge in [-0.05, 0) is 43.4 Å². The Balaban J connectivity index is 2.02. The molecule has 1 aliphatic heterocycles. The average Bonchev–Trinajstić information content (AvgIpc) is 2.38. The molecule has 0 aromatic carbocycles. The summed E-state index contributed by atoms with van der Waals surface area (Å²) in [6, 6.07) is -0.334. The molecule has 0 radical (unpaired) electrons. The Morgan fingerprint density at radius 2 is 2.11 bits per heavy atom. The van der Waals surface area contributed by atoms with Crippen LogP contribution >= 0.6 is 0 Å². The van der Waals surface area contributed by atoms with Crippen molar-refractivity contribution in [1.29, 1.82) is 0 Å². The Morgan fingerprint density at radius 1 is 1.33 bits per heavy atom. The minimum Gasteiger partial charge on any atom is -0.341 e. The van der Waals surface area contributed by atoms with Gasteiger partial charge in [0.15, 0.2) is 0 Å². The molecule has 1 aliphatic carbocycles. The first-order chi connectivity index (χ1) is 8.54. The van der Waals surface area contributed by atoms with Gasteiger partial charge in [0.05, 0.1) is 6.04 Å². The lowest BCUT2D eigenvalue weighted by Gasteiger charge is -2.44. The van der Waals surface area contributed by atoms with Gasteiger partial charge in [-0.25, -0.2) is 0 Å². The maximum Gasteiger partial charge on any atom is 0.239 e. The Kier molecular flexibility index (Phi) is 4.10. The van der Waals surface area contributed by atoms with Crippen LogP contribution in [-0.4, -0.2) is 29.9 Å². The predicted molar refractivity (Wildman–Crippen MR) is 74.1 cm³/mol. The molecule has 0 aromatic heterocycles. The number of nitrogens with two attached hydrogens (primary N) is 1. The highest BCUT2D eigenvalue weighted by Gasteiger charge is 2.38. The van der Waals surface area contributed by atoms with Crippen molar-refractivity contribution in [3.63, 3.8) is 0 Å². The fourth-order valence-corrected chi connectivity index (χ4v) is 3.21. The monoisotopic (exact) mass is 250 g/mol. The van der Waals surface area contributed by atoms with E-state index in [0.29, 0.717) is 5.41 Å². The van der Waals surface area contributed by atoms with E-state index < -0.39 is 0 Å². The molecular formula is C15H26N2O. The summed E-state index contributed by atoms with van der Waals surface area (Å²) in [6.07, 6.45) is 10.5. The molecule has 0 bridgehead atoms. The van der Waals surface area contributed by atoms with Gasteiger partial charge in [0.25, 0.3) is 0 Å². The quantitative estimate of drug-likeness (QED) is 0.765. The zero-order valence-electron chi connectivity index (χ0n) is 11.7. The number of likely N-dealkylation sites (tertiary alicyclic amines) is 1. The maximum atomic E-state index is 12.3. The highest BCUT2D eigenvalue weighted by molar-refractivity contribution is 5.82. The molecule has 18 heavy (non-hydrogen) atoms. The highest BCUT2D eigenvalue weighted by Crippen LogP contribution is 2.40. The van der Waals surface area contributed by atoms with Gasteiger partial charge in [-0.2, -0.15) is 0 Å². The third kappa shape index (κ3) is 2.77. The zero-order chi connectivity index (χ0) is 13.2. The molecule has 1 heterocycles. The third-order valence-electron chi connectivity index (χ3n) is 4.54. The van der Waals surface area contributed by atoms with Gasteiger partial charge in [0.1, 0.15) is 0 Å². The number of carbonyl (C=O) groups is 1. The van der Waals surface area contributed by atoms with Gasteiger partial charge in [0.2, 0.25) is 5.91 Å². The molecule has 1 fully saturated rings. The van der Waals surface area contributed by atoms with Gasteiger partial charge in [0, 0.05) is 13.1 Å². The molecule has 1 amide bonds. The summed E-state index contributed by atoms with van der Waals surface area (Å²) in [5, 5.41) is 0. The van der Waals surface area contributed by atoms with E-state index in [1.165, 1.54) is 12.8 Å². The topological polar surface area (TPSA) is 46.3 Å². The zero-order valence-corrected chi connectivity index (χ0v) is 11.7. The van der Waals surface area contributed by atoms with Crippen LogP contribution in [0.1, 0.15) is 46.0 Å². The van der Waals surface area contributed by atoms with Crippen LogP contribution in [0, 0.1) is 11.3 Å². The van der Waals surface area contributed by atoms with E-state index >= 15 is 0 Å². The van der Waals surface area contributed by atoms with Crippen LogP contribution in [0.3, 0.4) is 0 Å². The summed E-state index contributed by atoms with van der Waals surface area (Å²) in [7, 11) is 0. The van der Waals surface area contributed by atoms with Crippen LogP contribution in [0.15, 0.2) is 12.2 Å². The van der Waals surface area contributed by atoms with Gasteiger partial charge in [-0.1, -0.05) is 26.0 Å². The van der Waals surface area contributed by atoms with Crippen molar-refractivity contribution in [2.45, 2.75) is 52.0 Å². The van der Waals surface area contributed by atoms with E-state index in [9.17, 15) is 4.79 Å². The molecule has 2 rings (SSSR count). The molecule has 0 saturated carbocycles. The normalized spacial score (nSPS) is 29.9. The van der Waals surface area contributed by atoms with Crippen molar-refractivity contribution in [3.05, 3.63) is 12.2 Å². The Morgan fingerprint density at radius 3 is 2.72 bits per heavy atom. The molecule has 0 aromatic rings. The lowest BCUT2D eigenvalue weighted by Crippen LogP contribution is -2.53. The fraction of sp³-hybridized carbons (Fsp3) is 0.800. The molecule has 3 heteroatoms. The third-order valence-corrected chi connectivity index (χ3v) is 4.54. The number of amides is 1. The summed E-state index contributed by atoms with van der Waals surface area (Å²) in [5.41, 5.74) is 6.35. The Bertz CT molecular complexity index is 337. The summed E-state index contributed by atoms with van der Waals surface area (Å²) in [4.78, 5) is 14.4. The number of carbonyl (C=O) groups excluding carboxylic acids is 1. The Labute approximate surface area is 110 Å². The van der Waals surface area contributed by atoms with E-state index in [1.54, 1.807) is 0 Å². The number of allylic oxidation sites excluding steroid dienone is 2. The van der Waals surface area contributed by atoms with Crippen LogP contribution < -0.4 is 5.73 Å². The number of piperidine rings is 1. The SMILES string of the molecule is CC(C)[C@H](N)C(=O)N1CCC[C@@]2(CC=CCC2)C1. The molecule has 102 valence electrons. The largest absolute Gasteiger partial charge is 0.341 e.